The Kier molecular flexibility index (Phi) is 17.7. The van der Waals surface area contributed by atoms with Crippen molar-refractivity contribution in [2.24, 2.45) is 11.8 Å². The lowest BCUT2D eigenvalue weighted by Crippen LogP contribution is -3.00. The third-order valence-electron chi connectivity index (χ3n) is 8.89. The second kappa shape index (κ2) is 20.1. The van der Waals surface area contributed by atoms with Crippen LogP contribution in [0.5, 0.6) is 0 Å². The molecule has 250 valence electrons. The average Bonchev–Trinajstić information content (AvgIpc) is 3.66. The topological polar surface area (TPSA) is 35.2 Å². The molecule has 0 amide bonds. The Balaban J connectivity index is 0.000000959. The Hall–Kier alpha value is -1.58. The van der Waals surface area contributed by atoms with E-state index in [1.54, 1.807) is 0 Å². The van der Waals surface area contributed by atoms with Gasteiger partial charge in [-0.3, -0.25) is 4.74 Å². The van der Waals surface area contributed by atoms with E-state index in [-0.39, 0.29) is 34.0 Å². The molecule has 0 aliphatic carbocycles. The molecule has 1 aliphatic rings. The van der Waals surface area contributed by atoms with E-state index in [1.807, 2.05) is 0 Å². The quantitative estimate of drug-likeness (QED) is 0.223. The molecular formula is C39H54Br2N2OP2. The normalized spacial score (nSPS) is 14.3. The molecule has 3 nitrogen and oxygen atoms in total. The minimum atomic E-state index is -2.11. The van der Waals surface area contributed by atoms with Gasteiger partial charge in [0, 0.05) is 35.8 Å². The molecule has 0 radical (unpaired) electrons. The van der Waals surface area contributed by atoms with Crippen LogP contribution >= 0.6 is 14.5 Å². The summed E-state index contributed by atoms with van der Waals surface area (Å²) >= 11 is 0. The minimum Gasteiger partial charge on any atom is -1.00 e. The number of halogens is 2. The van der Waals surface area contributed by atoms with Crippen LogP contribution < -0.4 is 65.0 Å². The van der Waals surface area contributed by atoms with Gasteiger partial charge in [0.1, 0.15) is 16.7 Å². The third kappa shape index (κ3) is 10.5. The monoisotopic (exact) mass is 786 g/mol. The maximum absolute atomic E-state index is 4.94. The summed E-state index contributed by atoms with van der Waals surface area (Å²) in [4.78, 5) is 0. The maximum Gasteiger partial charge on any atom is 0.192 e. The van der Waals surface area contributed by atoms with Crippen LogP contribution in [-0.2, 0) is 4.74 Å². The Morgan fingerprint density at radius 3 is 1.33 bits per heavy atom. The van der Waals surface area contributed by atoms with Gasteiger partial charge < -0.3 is 38.7 Å². The lowest BCUT2D eigenvalue weighted by molar-refractivity contribution is -0.485. The molecule has 0 bridgehead atoms. The lowest BCUT2D eigenvalue weighted by atomic mass is 10.1. The molecule has 1 heterocycles. The number of hydrogen-bond donors (Lipinski definition) is 2. The summed E-state index contributed by atoms with van der Waals surface area (Å²) in [5.74, 6) is 2.05. The largest absolute Gasteiger partial charge is 1.00 e. The van der Waals surface area contributed by atoms with Crippen LogP contribution in [0.15, 0.2) is 121 Å². The molecule has 46 heavy (non-hydrogen) atoms. The van der Waals surface area contributed by atoms with Crippen molar-refractivity contribution in [2.45, 2.75) is 66.5 Å². The Labute approximate surface area is 301 Å². The van der Waals surface area contributed by atoms with Crippen molar-refractivity contribution in [3.05, 3.63) is 121 Å². The lowest BCUT2D eigenvalue weighted by Gasteiger charge is -2.35. The van der Waals surface area contributed by atoms with Gasteiger partial charge in [-0.1, -0.05) is 100 Å². The summed E-state index contributed by atoms with van der Waals surface area (Å²) in [5.41, 5.74) is 0. The standard InChI is InChI=1S/C35H45N2P2.C4H8O.2BrH/c1-28(2)30(5)36-38(32-19-11-7-12-20-32,33-21-13-8-14-22-33)27-39(37-31(6)29(3)4,34-23-15-9-16-24-34)35-25-17-10-18-26-35;1-2-4-5-3-1;;/h7-26,28-31,36H,27H2,1-6H3;1-4H2;2*1H/q+1;;;/p-1/t30-,31-;;;/m0.../s1. The van der Waals surface area contributed by atoms with E-state index in [0.717, 1.165) is 19.1 Å². The van der Waals surface area contributed by atoms with Crippen LogP contribution in [0.25, 0.3) is 0 Å². The van der Waals surface area contributed by atoms with Crippen molar-refractivity contribution in [1.29, 1.82) is 0 Å². The summed E-state index contributed by atoms with van der Waals surface area (Å²) < 4.78 is 9.30. The fourth-order valence-electron chi connectivity index (χ4n) is 5.56. The van der Waals surface area contributed by atoms with Gasteiger partial charge in [-0.05, 0) is 81.1 Å². The zero-order valence-electron chi connectivity index (χ0n) is 28.5. The van der Waals surface area contributed by atoms with Gasteiger partial charge in [0.2, 0.25) is 0 Å². The zero-order valence-corrected chi connectivity index (χ0v) is 33.4. The fourth-order valence-corrected chi connectivity index (χ4v) is 17.3. The van der Waals surface area contributed by atoms with E-state index < -0.39 is 14.5 Å². The predicted molar refractivity (Wildman–Crippen MR) is 196 cm³/mol. The number of benzene rings is 4. The maximum atomic E-state index is 4.94. The first-order chi connectivity index (χ1) is 21.3. The van der Waals surface area contributed by atoms with E-state index in [9.17, 15) is 0 Å². The molecule has 0 unspecified atom stereocenters. The molecule has 0 saturated carbocycles. The van der Waals surface area contributed by atoms with Crippen molar-refractivity contribution < 1.29 is 43.4 Å². The highest BCUT2D eigenvalue weighted by Gasteiger charge is 2.53. The molecule has 1 saturated heterocycles. The molecule has 4 aromatic carbocycles. The Morgan fingerprint density at radius 1 is 0.609 bits per heavy atom. The SMILES string of the molecule is C1CCOC1.CC(C)[C@H](C)N[P+](CP(=[NH+][C@@H](C)C(C)C)(c1ccccc1)c1ccccc1)(c1ccccc1)c1ccccc1.[Br-].[Br-]. The van der Waals surface area contributed by atoms with Crippen LogP contribution in [0, 0.1) is 11.8 Å². The molecule has 1 fully saturated rings. The molecule has 2 N–H and O–H groups in total. The van der Waals surface area contributed by atoms with Gasteiger partial charge in [-0.15, -0.1) is 0 Å². The molecule has 7 heteroatoms. The van der Waals surface area contributed by atoms with Crippen molar-refractivity contribution >= 4 is 35.7 Å². The van der Waals surface area contributed by atoms with E-state index >= 15 is 0 Å². The third-order valence-corrected chi connectivity index (χ3v) is 18.7. The van der Waals surface area contributed by atoms with Gasteiger partial charge in [0.15, 0.2) is 20.4 Å². The van der Waals surface area contributed by atoms with Gasteiger partial charge in [0.25, 0.3) is 0 Å². The van der Waals surface area contributed by atoms with Gasteiger partial charge in [-0.25, -0.2) is 0 Å². The van der Waals surface area contributed by atoms with Crippen molar-refractivity contribution in [1.82, 2.24) is 5.09 Å². The van der Waals surface area contributed by atoms with Crippen LogP contribution in [0.3, 0.4) is 0 Å². The summed E-state index contributed by atoms with van der Waals surface area (Å²) in [7, 11) is -4.23. The van der Waals surface area contributed by atoms with Crippen molar-refractivity contribution in [3.8, 4) is 0 Å². The van der Waals surface area contributed by atoms with Gasteiger partial charge in [0.05, 0.1) is 0 Å². The first-order valence-corrected chi connectivity index (χ1v) is 20.4. The van der Waals surface area contributed by atoms with Gasteiger partial charge >= 0.3 is 0 Å². The number of hydrogen-bond acceptors (Lipinski definition) is 2. The highest BCUT2D eigenvalue weighted by Crippen LogP contribution is 2.63. The van der Waals surface area contributed by atoms with Crippen molar-refractivity contribution in [3.63, 3.8) is 0 Å². The number of ether oxygens (including phenoxy) is 1. The summed E-state index contributed by atoms with van der Waals surface area (Å²) in [6.45, 7) is 16.0. The second-order valence-corrected chi connectivity index (χ2v) is 19.7. The highest BCUT2D eigenvalue weighted by atomic mass is 79.9. The van der Waals surface area contributed by atoms with Crippen molar-refractivity contribution in [2.75, 3.05) is 19.1 Å². The molecular weight excluding hydrogens is 734 g/mol. The highest BCUT2D eigenvalue weighted by molar-refractivity contribution is 7.99. The predicted octanol–water partition coefficient (Wildman–Crippen LogP) is 0.944. The fraction of sp³-hybridized carbons (Fsp3) is 0.385. The zero-order chi connectivity index (χ0) is 31.4. The van der Waals surface area contributed by atoms with E-state index in [1.165, 1.54) is 34.1 Å². The molecule has 1 aliphatic heterocycles. The Morgan fingerprint density at radius 2 is 1.00 bits per heavy atom. The van der Waals surface area contributed by atoms with E-state index in [0.29, 0.717) is 23.9 Å². The molecule has 0 aromatic heterocycles. The summed E-state index contributed by atoms with van der Waals surface area (Å²) in [6, 6.07) is 45.9. The second-order valence-electron chi connectivity index (χ2n) is 12.7. The van der Waals surface area contributed by atoms with Crippen LogP contribution in [0.2, 0.25) is 0 Å². The molecule has 5 rings (SSSR count). The first-order valence-electron chi connectivity index (χ1n) is 16.4. The van der Waals surface area contributed by atoms with E-state index in [4.69, 9.17) is 4.74 Å². The minimum absolute atomic E-state index is 0. The van der Waals surface area contributed by atoms with E-state index in [2.05, 4.69) is 173 Å². The molecule has 4 aromatic rings. The number of rotatable bonds is 11. The van der Waals surface area contributed by atoms with Crippen LogP contribution in [0.1, 0.15) is 54.4 Å². The molecule has 0 spiro atoms. The summed E-state index contributed by atoms with van der Waals surface area (Å²) in [5, 5.41) is 10.0. The Bertz CT molecular complexity index is 1340. The molecule has 2 atom stereocenters. The van der Waals surface area contributed by atoms with Crippen LogP contribution in [-0.4, -0.2) is 31.2 Å². The average molecular weight is 789 g/mol. The summed E-state index contributed by atoms with van der Waals surface area (Å²) in [6.07, 6.45) is 2.56. The van der Waals surface area contributed by atoms with Crippen LogP contribution in [0.4, 0.5) is 0 Å². The first kappa shape index (κ1) is 40.6. The smallest absolute Gasteiger partial charge is 0.192 e. The van der Waals surface area contributed by atoms with Gasteiger partial charge in [-0.2, -0.15) is 5.09 Å². The number of nitrogens with one attached hydrogen (secondary N) is 2.